The highest BCUT2D eigenvalue weighted by Crippen LogP contribution is 2.25. The van der Waals surface area contributed by atoms with Crippen LogP contribution in [0.1, 0.15) is 40.4 Å². The summed E-state index contributed by atoms with van der Waals surface area (Å²) in [7, 11) is 1.61. The molecule has 3 N–H and O–H groups in total. The summed E-state index contributed by atoms with van der Waals surface area (Å²) in [4.78, 5) is 38.4. The molecule has 0 fully saturated rings. The minimum atomic E-state index is -0.808. The Bertz CT molecular complexity index is 876. The van der Waals surface area contributed by atoms with E-state index in [0.29, 0.717) is 12.1 Å². The van der Waals surface area contributed by atoms with Gasteiger partial charge >= 0.3 is 0 Å². The van der Waals surface area contributed by atoms with Crippen molar-refractivity contribution in [2.45, 2.75) is 20.3 Å². The van der Waals surface area contributed by atoms with Crippen molar-refractivity contribution in [3.05, 3.63) is 39.3 Å². The number of nitro groups is 1. The Hall–Kier alpha value is -3.50. The fourth-order valence-corrected chi connectivity index (χ4v) is 2.40. The lowest BCUT2D eigenvalue weighted by atomic mass is 10.2. The van der Waals surface area contributed by atoms with E-state index in [2.05, 4.69) is 15.4 Å². The zero-order valence-electron chi connectivity index (χ0n) is 14.5. The van der Waals surface area contributed by atoms with E-state index in [-0.39, 0.29) is 35.1 Å². The number of anilines is 1. The Morgan fingerprint density at radius 2 is 2.12 bits per heavy atom. The van der Waals surface area contributed by atoms with Crippen molar-refractivity contribution in [1.29, 1.82) is 0 Å². The summed E-state index contributed by atoms with van der Waals surface area (Å²) in [6.07, 6.45) is 1.47. The number of amides is 2. The number of hydrogen-bond acceptors (Lipinski definition) is 7. The fourth-order valence-electron chi connectivity index (χ4n) is 2.40. The number of nitrogens with one attached hydrogen (secondary N) is 1. The van der Waals surface area contributed by atoms with Crippen LogP contribution in [0.4, 0.5) is 11.4 Å². The van der Waals surface area contributed by atoms with E-state index in [1.807, 2.05) is 6.92 Å². The number of hydrogen-bond donors (Lipinski definition) is 2. The van der Waals surface area contributed by atoms with Gasteiger partial charge in [0.05, 0.1) is 22.9 Å². The van der Waals surface area contributed by atoms with Gasteiger partial charge in [-0.2, -0.15) is 5.10 Å². The third kappa shape index (κ3) is 3.61. The molecule has 0 bridgehead atoms. The van der Waals surface area contributed by atoms with Crippen LogP contribution >= 0.6 is 0 Å². The topological polar surface area (TPSA) is 155 Å². The number of ether oxygens (including phenoxy) is 1. The molecule has 0 aromatic carbocycles. The zero-order valence-corrected chi connectivity index (χ0v) is 14.5. The Balaban J connectivity index is 2.49. The highest BCUT2D eigenvalue weighted by molar-refractivity contribution is 6.09. The molecule has 0 spiro atoms. The quantitative estimate of drug-likeness (QED) is 0.550. The number of rotatable bonds is 7. The van der Waals surface area contributed by atoms with Gasteiger partial charge in [-0.15, -0.1) is 0 Å². The summed E-state index contributed by atoms with van der Waals surface area (Å²) in [6, 6.07) is 1.05. The van der Waals surface area contributed by atoms with Gasteiger partial charge < -0.3 is 15.8 Å². The van der Waals surface area contributed by atoms with Crippen molar-refractivity contribution >= 4 is 23.2 Å². The lowest BCUT2D eigenvalue weighted by Crippen LogP contribution is -2.19. The van der Waals surface area contributed by atoms with Crippen LogP contribution in [-0.2, 0) is 13.5 Å². The lowest BCUT2D eigenvalue weighted by Gasteiger charge is -2.10. The van der Waals surface area contributed by atoms with Crippen molar-refractivity contribution in [2.24, 2.45) is 12.8 Å². The van der Waals surface area contributed by atoms with E-state index in [4.69, 9.17) is 10.5 Å². The average Bonchev–Trinajstić information content (AvgIpc) is 2.90. The summed E-state index contributed by atoms with van der Waals surface area (Å²) in [5.74, 6) is -1.59. The van der Waals surface area contributed by atoms with Gasteiger partial charge in [-0.1, -0.05) is 6.92 Å². The van der Waals surface area contributed by atoms with Crippen LogP contribution in [-0.4, -0.2) is 38.1 Å². The van der Waals surface area contributed by atoms with Crippen LogP contribution in [0.2, 0.25) is 0 Å². The van der Waals surface area contributed by atoms with E-state index in [0.717, 1.165) is 12.3 Å². The molecule has 2 amide bonds. The largest absolute Gasteiger partial charge is 0.477 e. The summed E-state index contributed by atoms with van der Waals surface area (Å²) >= 11 is 0. The predicted molar refractivity (Wildman–Crippen MR) is 91.1 cm³/mol. The molecule has 0 atom stereocenters. The lowest BCUT2D eigenvalue weighted by molar-refractivity contribution is -0.385. The molecule has 0 saturated heterocycles. The second-order valence-electron chi connectivity index (χ2n) is 5.20. The molecule has 2 aromatic rings. The summed E-state index contributed by atoms with van der Waals surface area (Å²) in [5.41, 5.74) is 5.44. The van der Waals surface area contributed by atoms with Gasteiger partial charge in [0.2, 0.25) is 5.88 Å². The number of nitrogens with zero attached hydrogens (tertiary/aromatic N) is 4. The summed E-state index contributed by atoms with van der Waals surface area (Å²) < 4.78 is 6.70. The highest BCUT2D eigenvalue weighted by atomic mass is 16.6. The van der Waals surface area contributed by atoms with E-state index >= 15 is 0 Å². The second kappa shape index (κ2) is 7.59. The standard InChI is InChI=1S/C15H18N6O5/c1-4-10-11(12(13(16)22)19-20(10)3)18-14(23)9-6-8(21(24)25)7-17-15(9)26-5-2/h6-7H,4-5H2,1-3H3,(H2,16,22)(H,18,23). The number of aryl methyl sites for hydroxylation is 1. The van der Waals surface area contributed by atoms with Crippen molar-refractivity contribution < 1.29 is 19.2 Å². The second-order valence-corrected chi connectivity index (χ2v) is 5.20. The minimum absolute atomic E-state index is 0.0573. The van der Waals surface area contributed by atoms with E-state index < -0.39 is 16.7 Å². The Labute approximate surface area is 148 Å². The molecular weight excluding hydrogens is 344 g/mol. The maximum atomic E-state index is 12.7. The average molecular weight is 362 g/mol. The van der Waals surface area contributed by atoms with Gasteiger partial charge in [-0.3, -0.25) is 24.4 Å². The van der Waals surface area contributed by atoms with Crippen molar-refractivity contribution in [2.75, 3.05) is 11.9 Å². The monoisotopic (exact) mass is 362 g/mol. The van der Waals surface area contributed by atoms with Gasteiger partial charge in [0.15, 0.2) is 5.69 Å². The van der Waals surface area contributed by atoms with Crippen molar-refractivity contribution in [3.63, 3.8) is 0 Å². The molecule has 26 heavy (non-hydrogen) atoms. The van der Waals surface area contributed by atoms with Gasteiger partial charge in [0, 0.05) is 13.1 Å². The van der Waals surface area contributed by atoms with E-state index in [1.165, 1.54) is 4.68 Å². The van der Waals surface area contributed by atoms with Crippen molar-refractivity contribution in [1.82, 2.24) is 14.8 Å². The molecule has 0 unspecified atom stereocenters. The minimum Gasteiger partial charge on any atom is -0.477 e. The third-order valence-corrected chi connectivity index (χ3v) is 3.55. The van der Waals surface area contributed by atoms with E-state index in [1.54, 1.807) is 14.0 Å². The Morgan fingerprint density at radius 1 is 1.42 bits per heavy atom. The Morgan fingerprint density at radius 3 is 2.65 bits per heavy atom. The number of primary amides is 1. The van der Waals surface area contributed by atoms with Gasteiger partial charge in [-0.25, -0.2) is 4.98 Å². The molecule has 11 heteroatoms. The molecule has 0 radical (unpaired) electrons. The normalized spacial score (nSPS) is 10.4. The molecule has 2 heterocycles. The van der Waals surface area contributed by atoms with Gasteiger partial charge in [0.25, 0.3) is 17.5 Å². The maximum Gasteiger partial charge on any atom is 0.288 e. The van der Waals surface area contributed by atoms with Gasteiger partial charge in [-0.05, 0) is 13.3 Å². The number of nitrogens with two attached hydrogens (primary N) is 1. The van der Waals surface area contributed by atoms with Gasteiger partial charge in [0.1, 0.15) is 11.8 Å². The summed E-state index contributed by atoms with van der Waals surface area (Å²) in [5, 5.41) is 17.5. The van der Waals surface area contributed by atoms with Crippen LogP contribution in [0.5, 0.6) is 5.88 Å². The molecule has 0 aliphatic heterocycles. The van der Waals surface area contributed by atoms with Crippen LogP contribution in [0, 0.1) is 10.1 Å². The van der Waals surface area contributed by atoms with Crippen LogP contribution in [0.3, 0.4) is 0 Å². The zero-order chi connectivity index (χ0) is 19.4. The number of carbonyl (C=O) groups is 2. The number of pyridine rings is 1. The first-order valence-electron chi connectivity index (χ1n) is 7.74. The maximum absolute atomic E-state index is 12.7. The van der Waals surface area contributed by atoms with Crippen molar-refractivity contribution in [3.8, 4) is 5.88 Å². The molecule has 2 rings (SSSR count). The first kappa shape index (κ1) is 18.8. The first-order chi connectivity index (χ1) is 12.3. The third-order valence-electron chi connectivity index (χ3n) is 3.55. The molecule has 138 valence electrons. The molecule has 0 aliphatic carbocycles. The highest BCUT2D eigenvalue weighted by Gasteiger charge is 2.24. The molecule has 0 saturated carbocycles. The number of carbonyl (C=O) groups excluding carboxylic acids is 2. The van der Waals surface area contributed by atoms with E-state index in [9.17, 15) is 19.7 Å². The first-order valence-corrected chi connectivity index (χ1v) is 7.74. The SMILES string of the molecule is CCOc1ncc([N+](=O)[O-])cc1C(=O)Nc1c(C(N)=O)nn(C)c1CC. The smallest absolute Gasteiger partial charge is 0.288 e. The molecule has 11 nitrogen and oxygen atoms in total. The fraction of sp³-hybridized carbons (Fsp3) is 0.333. The molecule has 2 aromatic heterocycles. The summed E-state index contributed by atoms with van der Waals surface area (Å²) in [6.45, 7) is 3.72. The predicted octanol–water partition coefficient (Wildman–Crippen LogP) is 1.04. The van der Waals surface area contributed by atoms with Crippen LogP contribution in [0.15, 0.2) is 12.3 Å². The van der Waals surface area contributed by atoms with Crippen LogP contribution < -0.4 is 15.8 Å². The number of aromatic nitrogens is 3. The molecule has 0 aliphatic rings. The molecular formula is C15H18N6O5. The Kier molecular flexibility index (Phi) is 5.50. The van der Waals surface area contributed by atoms with Crippen LogP contribution in [0.25, 0.3) is 0 Å².